The van der Waals surface area contributed by atoms with E-state index in [0.29, 0.717) is 19.3 Å². The Morgan fingerprint density at radius 3 is 0.968 bits per heavy atom. The number of carbonyl (C=O) groups excluding carboxylic acids is 3. The second-order valence-electron chi connectivity index (χ2n) is 18.1. The van der Waals surface area contributed by atoms with Crippen molar-refractivity contribution in [2.45, 2.75) is 284 Å². The van der Waals surface area contributed by atoms with Crippen LogP contribution in [0.25, 0.3) is 0 Å². The van der Waals surface area contributed by atoms with Gasteiger partial charge in [-0.05, 0) is 57.8 Å². The Hall–Kier alpha value is -2.63. The van der Waals surface area contributed by atoms with E-state index >= 15 is 0 Å². The second-order valence-corrected chi connectivity index (χ2v) is 18.1. The van der Waals surface area contributed by atoms with Gasteiger partial charge in [0.15, 0.2) is 6.10 Å². The molecule has 0 radical (unpaired) electrons. The smallest absolute Gasteiger partial charge is 0.306 e. The minimum atomic E-state index is -0.785. The average Bonchev–Trinajstić information content (AvgIpc) is 3.28. The summed E-state index contributed by atoms with van der Waals surface area (Å²) in [4.78, 5) is 38.0. The molecule has 0 fully saturated rings. The molecule has 366 valence electrons. The first-order chi connectivity index (χ1) is 31.0. The summed E-state index contributed by atoms with van der Waals surface area (Å²) < 4.78 is 16.8. The van der Waals surface area contributed by atoms with E-state index in [1.54, 1.807) is 0 Å². The molecule has 0 saturated carbocycles. The maximum absolute atomic E-state index is 12.8. The molecule has 63 heavy (non-hydrogen) atoms. The van der Waals surface area contributed by atoms with Crippen molar-refractivity contribution in [1.82, 2.24) is 0 Å². The topological polar surface area (TPSA) is 78.9 Å². The average molecular weight is 883 g/mol. The van der Waals surface area contributed by atoms with Crippen molar-refractivity contribution in [3.05, 3.63) is 48.6 Å². The zero-order chi connectivity index (χ0) is 45.8. The second kappa shape index (κ2) is 52.0. The van der Waals surface area contributed by atoms with E-state index in [-0.39, 0.29) is 31.1 Å². The maximum Gasteiger partial charge on any atom is 0.306 e. The van der Waals surface area contributed by atoms with Gasteiger partial charge in [-0.25, -0.2) is 0 Å². The van der Waals surface area contributed by atoms with Gasteiger partial charge in [-0.1, -0.05) is 249 Å². The van der Waals surface area contributed by atoms with Crippen LogP contribution in [0.2, 0.25) is 0 Å². The quantitative estimate of drug-likeness (QED) is 0.0262. The standard InChI is InChI=1S/C57H102O6/c1-4-7-10-13-16-19-22-25-28-31-34-37-40-43-46-49-55(58)61-52-54(63-57(60)51-48-45-42-39-36-33-30-27-24-21-18-15-12-9-6-3)53-62-56(59)50-47-44-41-38-35-32-29-26-23-20-17-14-11-8-5-2/h7,10,16,19,25,28,34,37,54H,4-6,8-9,11-15,17-18,20-24,26-27,29-33,35-36,38-53H2,1-3H3/b10-7-,19-16-,28-25-,37-34-. The molecule has 0 saturated heterocycles. The van der Waals surface area contributed by atoms with Crippen LogP contribution in [0.5, 0.6) is 0 Å². The summed E-state index contributed by atoms with van der Waals surface area (Å²) in [6.45, 7) is 6.52. The Morgan fingerprint density at radius 2 is 0.619 bits per heavy atom. The van der Waals surface area contributed by atoms with Crippen LogP contribution in [0.1, 0.15) is 278 Å². The first kappa shape index (κ1) is 60.4. The molecule has 0 rings (SSSR count). The summed E-state index contributed by atoms with van der Waals surface area (Å²) in [5, 5.41) is 0. The van der Waals surface area contributed by atoms with E-state index in [9.17, 15) is 14.4 Å². The molecule has 0 amide bonds. The molecular formula is C57H102O6. The molecule has 0 aliphatic carbocycles. The van der Waals surface area contributed by atoms with Crippen molar-refractivity contribution in [3.8, 4) is 0 Å². The van der Waals surface area contributed by atoms with Crippen molar-refractivity contribution in [1.29, 1.82) is 0 Å². The van der Waals surface area contributed by atoms with E-state index in [4.69, 9.17) is 14.2 Å². The molecule has 0 N–H and O–H groups in total. The Bertz CT molecular complexity index is 1110. The van der Waals surface area contributed by atoms with Crippen LogP contribution in [-0.4, -0.2) is 37.2 Å². The summed E-state index contributed by atoms with van der Waals surface area (Å²) in [5.74, 6) is -0.912. The summed E-state index contributed by atoms with van der Waals surface area (Å²) >= 11 is 0. The van der Waals surface area contributed by atoms with Gasteiger partial charge >= 0.3 is 17.9 Å². The first-order valence-corrected chi connectivity index (χ1v) is 27.1. The van der Waals surface area contributed by atoms with Crippen molar-refractivity contribution in [2.75, 3.05) is 13.2 Å². The van der Waals surface area contributed by atoms with Crippen molar-refractivity contribution >= 4 is 17.9 Å². The number of esters is 3. The van der Waals surface area contributed by atoms with Crippen molar-refractivity contribution < 1.29 is 28.6 Å². The molecule has 6 heteroatoms. The molecular weight excluding hydrogens is 781 g/mol. The largest absolute Gasteiger partial charge is 0.462 e. The molecule has 1 unspecified atom stereocenters. The van der Waals surface area contributed by atoms with E-state index in [2.05, 4.69) is 69.4 Å². The lowest BCUT2D eigenvalue weighted by atomic mass is 10.0. The van der Waals surface area contributed by atoms with E-state index in [0.717, 1.165) is 83.5 Å². The SMILES string of the molecule is CC/C=C\C/C=C\C/C=C\C/C=C\CCCCC(=O)OCC(COC(=O)CCCCCCCCCCCCCCCCC)OC(=O)CCCCCCCCCCCCCCCCC. The van der Waals surface area contributed by atoms with Gasteiger partial charge in [0.1, 0.15) is 13.2 Å². The van der Waals surface area contributed by atoms with Crippen LogP contribution in [0.3, 0.4) is 0 Å². The fourth-order valence-corrected chi connectivity index (χ4v) is 7.79. The lowest BCUT2D eigenvalue weighted by Gasteiger charge is -2.18. The van der Waals surface area contributed by atoms with Crippen molar-refractivity contribution in [3.63, 3.8) is 0 Å². The highest BCUT2D eigenvalue weighted by Crippen LogP contribution is 2.16. The zero-order valence-corrected chi connectivity index (χ0v) is 41.8. The van der Waals surface area contributed by atoms with Gasteiger partial charge in [0, 0.05) is 19.3 Å². The number of allylic oxidation sites excluding steroid dienone is 8. The van der Waals surface area contributed by atoms with Gasteiger partial charge in [-0.3, -0.25) is 14.4 Å². The van der Waals surface area contributed by atoms with Gasteiger partial charge in [0.25, 0.3) is 0 Å². The maximum atomic E-state index is 12.8. The number of hydrogen-bond donors (Lipinski definition) is 0. The van der Waals surface area contributed by atoms with E-state index in [1.807, 2.05) is 0 Å². The summed E-state index contributed by atoms with van der Waals surface area (Å²) in [7, 11) is 0. The minimum absolute atomic E-state index is 0.0821. The molecule has 0 spiro atoms. The van der Waals surface area contributed by atoms with Gasteiger partial charge in [0.05, 0.1) is 0 Å². The Morgan fingerprint density at radius 1 is 0.333 bits per heavy atom. The summed E-state index contributed by atoms with van der Waals surface area (Å²) in [6.07, 6.45) is 62.4. The number of carbonyl (C=O) groups is 3. The number of rotatable bonds is 49. The van der Waals surface area contributed by atoms with Gasteiger partial charge in [0.2, 0.25) is 0 Å². The Balaban J connectivity index is 4.40. The molecule has 0 aliphatic rings. The number of ether oxygens (including phenoxy) is 3. The molecule has 0 aromatic heterocycles. The van der Waals surface area contributed by atoms with Gasteiger partial charge < -0.3 is 14.2 Å². The van der Waals surface area contributed by atoms with Crippen LogP contribution in [-0.2, 0) is 28.6 Å². The van der Waals surface area contributed by atoms with Gasteiger partial charge in [-0.2, -0.15) is 0 Å². The number of hydrogen-bond acceptors (Lipinski definition) is 6. The lowest BCUT2D eigenvalue weighted by Crippen LogP contribution is -2.30. The summed E-state index contributed by atoms with van der Waals surface area (Å²) in [6, 6.07) is 0. The monoisotopic (exact) mass is 883 g/mol. The molecule has 0 aromatic rings. The molecule has 6 nitrogen and oxygen atoms in total. The third kappa shape index (κ3) is 50.2. The zero-order valence-electron chi connectivity index (χ0n) is 41.8. The first-order valence-electron chi connectivity index (χ1n) is 27.1. The molecule has 1 atom stereocenters. The van der Waals surface area contributed by atoms with Crippen LogP contribution in [0, 0.1) is 0 Å². The third-order valence-corrected chi connectivity index (χ3v) is 11.8. The van der Waals surface area contributed by atoms with Gasteiger partial charge in [-0.15, -0.1) is 0 Å². The summed E-state index contributed by atoms with van der Waals surface area (Å²) in [5.41, 5.74) is 0. The van der Waals surface area contributed by atoms with E-state index in [1.165, 1.54) is 154 Å². The predicted molar refractivity (Wildman–Crippen MR) is 270 cm³/mol. The van der Waals surface area contributed by atoms with Crippen LogP contribution in [0.4, 0.5) is 0 Å². The normalized spacial score (nSPS) is 12.4. The lowest BCUT2D eigenvalue weighted by molar-refractivity contribution is -0.167. The van der Waals surface area contributed by atoms with Crippen molar-refractivity contribution in [2.24, 2.45) is 0 Å². The molecule has 0 aliphatic heterocycles. The molecule has 0 heterocycles. The van der Waals surface area contributed by atoms with Crippen LogP contribution >= 0.6 is 0 Å². The third-order valence-electron chi connectivity index (χ3n) is 11.8. The highest BCUT2D eigenvalue weighted by atomic mass is 16.6. The minimum Gasteiger partial charge on any atom is -0.462 e. The van der Waals surface area contributed by atoms with Crippen LogP contribution < -0.4 is 0 Å². The Labute approximate surface area is 390 Å². The number of unbranched alkanes of at least 4 members (excludes halogenated alkanes) is 30. The highest BCUT2D eigenvalue weighted by Gasteiger charge is 2.19. The molecule has 0 aromatic carbocycles. The van der Waals surface area contributed by atoms with E-state index < -0.39 is 6.10 Å². The highest BCUT2D eigenvalue weighted by molar-refractivity contribution is 5.71. The fourth-order valence-electron chi connectivity index (χ4n) is 7.79. The fraction of sp³-hybridized carbons (Fsp3) is 0.807. The Kier molecular flexibility index (Phi) is 49.8. The van der Waals surface area contributed by atoms with Crippen LogP contribution in [0.15, 0.2) is 48.6 Å². The molecule has 0 bridgehead atoms. The predicted octanol–water partition coefficient (Wildman–Crippen LogP) is 17.9.